The number of benzene rings is 1. The van der Waals surface area contributed by atoms with E-state index in [0.29, 0.717) is 0 Å². The first-order valence-electron chi connectivity index (χ1n) is 10.1. The summed E-state index contributed by atoms with van der Waals surface area (Å²) in [5, 5.41) is 9.53. The van der Waals surface area contributed by atoms with Gasteiger partial charge in [-0.15, -0.1) is 10.2 Å². The molecule has 2 aromatic heterocycles. The first-order chi connectivity index (χ1) is 13.3. The van der Waals surface area contributed by atoms with Crippen LogP contribution in [-0.2, 0) is 13.0 Å². The van der Waals surface area contributed by atoms with Crippen molar-refractivity contribution in [1.29, 1.82) is 0 Å². The Bertz CT molecular complexity index is 982. The second-order valence-electron chi connectivity index (χ2n) is 8.57. The summed E-state index contributed by atoms with van der Waals surface area (Å²) in [4.78, 5) is 2.55. The summed E-state index contributed by atoms with van der Waals surface area (Å²) in [6, 6.07) is 13.1. The van der Waals surface area contributed by atoms with E-state index in [2.05, 4.69) is 62.1 Å². The van der Waals surface area contributed by atoms with Gasteiger partial charge < -0.3 is 0 Å². The van der Waals surface area contributed by atoms with Crippen molar-refractivity contribution >= 4 is 17.2 Å². The zero-order chi connectivity index (χ0) is 18.0. The molecular weight excluding hydrogens is 356 g/mol. The molecular formula is C22H23ClN4. The molecule has 0 spiro atoms. The van der Waals surface area contributed by atoms with Gasteiger partial charge in [0.2, 0.25) is 0 Å². The molecule has 1 saturated heterocycles. The Labute approximate surface area is 164 Å². The van der Waals surface area contributed by atoms with Gasteiger partial charge >= 0.3 is 0 Å². The predicted octanol–water partition coefficient (Wildman–Crippen LogP) is 4.18. The summed E-state index contributed by atoms with van der Waals surface area (Å²) in [6.45, 7) is 3.26. The Balaban J connectivity index is 1.16. The van der Waals surface area contributed by atoms with Crippen LogP contribution in [0.3, 0.4) is 0 Å². The molecule has 2 atom stereocenters. The van der Waals surface area contributed by atoms with E-state index in [9.17, 15) is 0 Å². The third-order valence-corrected chi connectivity index (χ3v) is 7.10. The summed E-state index contributed by atoms with van der Waals surface area (Å²) in [6.07, 6.45) is 5.77. The molecule has 3 heterocycles. The molecule has 4 nitrogen and oxygen atoms in total. The van der Waals surface area contributed by atoms with Gasteiger partial charge in [-0.25, -0.2) is 0 Å². The number of aromatic nitrogens is 3. The lowest BCUT2D eigenvalue weighted by Gasteiger charge is -2.20. The number of rotatable bonds is 5. The average molecular weight is 379 g/mol. The standard InChI is InChI=1S/C22H23ClN4/c23-21-16(8-9-27-19(10-14-6-7-14)24-25-22(21)27)11-26-12-17-18(13-26)20(17)15-4-2-1-3-5-15/h1-5,8-9,14,17-18,20H,6-7,10-13H2. The minimum atomic E-state index is 0.766. The third-order valence-electron chi connectivity index (χ3n) is 6.69. The fraction of sp³-hybridized carbons (Fsp3) is 0.455. The van der Waals surface area contributed by atoms with Crippen molar-refractivity contribution in [1.82, 2.24) is 19.5 Å². The lowest BCUT2D eigenvalue weighted by Crippen LogP contribution is -2.24. The lowest BCUT2D eigenvalue weighted by atomic mass is 10.1. The van der Waals surface area contributed by atoms with Crippen molar-refractivity contribution in [3.63, 3.8) is 0 Å². The second-order valence-corrected chi connectivity index (χ2v) is 8.95. The van der Waals surface area contributed by atoms with E-state index in [1.807, 2.05) is 0 Å². The maximum absolute atomic E-state index is 6.71. The first-order valence-corrected chi connectivity index (χ1v) is 10.4. The first kappa shape index (κ1) is 16.1. The van der Waals surface area contributed by atoms with Gasteiger partial charge in [-0.05, 0) is 53.7 Å². The number of pyridine rings is 1. The highest BCUT2D eigenvalue weighted by molar-refractivity contribution is 6.34. The highest BCUT2D eigenvalue weighted by Gasteiger charge is 2.55. The second kappa shape index (κ2) is 6.05. The zero-order valence-electron chi connectivity index (χ0n) is 15.3. The molecule has 0 bridgehead atoms. The van der Waals surface area contributed by atoms with Gasteiger partial charge in [0.15, 0.2) is 5.65 Å². The third kappa shape index (κ3) is 2.77. The molecule has 2 unspecified atom stereocenters. The molecule has 6 rings (SSSR count). The number of nitrogens with zero attached hydrogens (tertiary/aromatic N) is 4. The number of hydrogen-bond acceptors (Lipinski definition) is 3. The fourth-order valence-corrected chi connectivity index (χ4v) is 5.26. The smallest absolute Gasteiger partial charge is 0.179 e. The van der Waals surface area contributed by atoms with Gasteiger partial charge in [0.1, 0.15) is 5.82 Å². The molecule has 3 fully saturated rings. The number of fused-ring (bicyclic) bond motifs is 2. The Morgan fingerprint density at radius 3 is 2.52 bits per heavy atom. The maximum Gasteiger partial charge on any atom is 0.179 e. The quantitative estimate of drug-likeness (QED) is 0.667. The van der Waals surface area contributed by atoms with Crippen molar-refractivity contribution in [3.8, 4) is 0 Å². The van der Waals surface area contributed by atoms with E-state index >= 15 is 0 Å². The largest absolute Gasteiger partial charge is 0.298 e. The maximum atomic E-state index is 6.71. The zero-order valence-corrected chi connectivity index (χ0v) is 16.0. The Morgan fingerprint density at radius 2 is 1.78 bits per heavy atom. The molecule has 5 heteroatoms. The molecule has 1 aliphatic heterocycles. The van der Waals surface area contributed by atoms with Crippen LogP contribution in [-0.4, -0.2) is 32.6 Å². The SMILES string of the molecule is Clc1c(CN2CC3C(C2)C3c2ccccc2)ccn2c(CC3CC3)nnc12. The van der Waals surface area contributed by atoms with Gasteiger partial charge in [-0.2, -0.15) is 0 Å². The topological polar surface area (TPSA) is 33.4 Å². The Hall–Kier alpha value is -1.91. The number of piperidine rings is 1. The van der Waals surface area contributed by atoms with Gasteiger partial charge in [0.25, 0.3) is 0 Å². The van der Waals surface area contributed by atoms with E-state index in [-0.39, 0.29) is 0 Å². The highest BCUT2D eigenvalue weighted by atomic mass is 35.5. The summed E-state index contributed by atoms with van der Waals surface area (Å²) < 4.78 is 2.08. The molecule has 3 aliphatic rings. The number of likely N-dealkylation sites (tertiary alicyclic amines) is 1. The van der Waals surface area contributed by atoms with E-state index in [1.54, 1.807) is 0 Å². The van der Waals surface area contributed by atoms with Crippen LogP contribution in [0, 0.1) is 17.8 Å². The summed E-state index contributed by atoms with van der Waals surface area (Å²) >= 11 is 6.71. The number of hydrogen-bond donors (Lipinski definition) is 0. The minimum absolute atomic E-state index is 0.766. The van der Waals surface area contributed by atoms with Crippen molar-refractivity contribution in [2.45, 2.75) is 31.7 Å². The van der Waals surface area contributed by atoms with Crippen LogP contribution in [0.1, 0.15) is 35.7 Å². The van der Waals surface area contributed by atoms with Crippen molar-refractivity contribution in [2.24, 2.45) is 17.8 Å². The van der Waals surface area contributed by atoms with Gasteiger partial charge in [-0.3, -0.25) is 9.30 Å². The average Bonchev–Trinajstić information content (AvgIpc) is 3.54. The van der Waals surface area contributed by atoms with Crippen molar-refractivity contribution < 1.29 is 0 Å². The molecule has 0 radical (unpaired) electrons. The fourth-order valence-electron chi connectivity index (χ4n) is 5.01. The molecule has 1 aromatic carbocycles. The van der Waals surface area contributed by atoms with E-state index in [0.717, 1.165) is 53.1 Å². The predicted molar refractivity (Wildman–Crippen MR) is 106 cm³/mol. The molecule has 0 N–H and O–H groups in total. The number of halogens is 1. The van der Waals surface area contributed by atoms with Crippen LogP contribution in [0.15, 0.2) is 42.6 Å². The molecule has 0 amide bonds. The van der Waals surface area contributed by atoms with Crippen LogP contribution in [0.2, 0.25) is 5.02 Å². The highest BCUT2D eigenvalue weighted by Crippen LogP contribution is 2.58. The van der Waals surface area contributed by atoms with Crippen LogP contribution >= 0.6 is 11.6 Å². The van der Waals surface area contributed by atoms with Crippen LogP contribution in [0.25, 0.3) is 5.65 Å². The molecule has 138 valence electrons. The van der Waals surface area contributed by atoms with Crippen molar-refractivity contribution in [2.75, 3.05) is 13.1 Å². The van der Waals surface area contributed by atoms with Crippen molar-refractivity contribution in [3.05, 3.63) is 64.6 Å². The van der Waals surface area contributed by atoms with Gasteiger partial charge in [-0.1, -0.05) is 41.9 Å². The van der Waals surface area contributed by atoms with Crippen LogP contribution in [0.4, 0.5) is 0 Å². The minimum Gasteiger partial charge on any atom is -0.298 e. The normalized spacial score (nSPS) is 27.2. The van der Waals surface area contributed by atoms with Gasteiger partial charge in [0.05, 0.1) is 5.02 Å². The summed E-state index contributed by atoms with van der Waals surface area (Å²) in [5.74, 6) is 4.24. The Morgan fingerprint density at radius 1 is 1.00 bits per heavy atom. The van der Waals surface area contributed by atoms with E-state index in [4.69, 9.17) is 11.6 Å². The summed E-state index contributed by atoms with van der Waals surface area (Å²) in [5.41, 5.74) is 3.50. The van der Waals surface area contributed by atoms with Gasteiger partial charge in [0, 0.05) is 32.3 Å². The van der Waals surface area contributed by atoms with Crippen LogP contribution < -0.4 is 0 Å². The molecule has 2 aliphatic carbocycles. The lowest BCUT2D eigenvalue weighted by molar-refractivity contribution is 0.290. The monoisotopic (exact) mass is 378 g/mol. The molecule has 2 saturated carbocycles. The summed E-state index contributed by atoms with van der Waals surface area (Å²) in [7, 11) is 0. The molecule has 3 aromatic rings. The Kier molecular flexibility index (Phi) is 3.60. The van der Waals surface area contributed by atoms with E-state index < -0.39 is 0 Å². The van der Waals surface area contributed by atoms with Crippen LogP contribution in [0.5, 0.6) is 0 Å². The molecule has 27 heavy (non-hydrogen) atoms. The van der Waals surface area contributed by atoms with E-state index in [1.165, 1.54) is 37.1 Å².